The molecule has 0 saturated heterocycles. The van der Waals surface area contributed by atoms with Crippen molar-refractivity contribution >= 4 is 22.0 Å². The monoisotopic (exact) mass is 343 g/mol. The summed E-state index contributed by atoms with van der Waals surface area (Å²) in [5.41, 5.74) is 0.525. The molecule has 0 spiro atoms. The molecule has 2 atom stereocenters. The number of carbonyl (C=O) groups excluding carboxylic acids is 2. The molecule has 1 aromatic rings. The molecule has 0 aliphatic carbocycles. The van der Waals surface area contributed by atoms with Gasteiger partial charge in [-0.3, -0.25) is 8.98 Å². The number of hydrogen-bond donors (Lipinski definition) is 1. The van der Waals surface area contributed by atoms with Crippen LogP contribution in [0.5, 0.6) is 0 Å². The van der Waals surface area contributed by atoms with Gasteiger partial charge >= 0.3 is 5.97 Å². The lowest BCUT2D eigenvalue weighted by molar-refractivity contribution is -0.157. The standard InChI is InChI=1S/C15H21NO6S/c1-10(2)21-15(18)14(22-23(4,19)20)13(16-11(3)17)12-8-6-5-7-9-12/h5-10,13-14H,1-4H3,(H,16,17)/t13-,14+/m0/s1. The summed E-state index contributed by atoms with van der Waals surface area (Å²) >= 11 is 0. The van der Waals surface area contributed by atoms with Crippen LogP contribution in [0, 0.1) is 0 Å². The zero-order chi connectivity index (χ0) is 17.6. The minimum Gasteiger partial charge on any atom is -0.461 e. The molecule has 8 heteroatoms. The van der Waals surface area contributed by atoms with Crippen LogP contribution >= 0.6 is 0 Å². The fourth-order valence-electron chi connectivity index (χ4n) is 1.93. The Balaban J connectivity index is 3.25. The first kappa shape index (κ1) is 19.1. The summed E-state index contributed by atoms with van der Waals surface area (Å²) < 4.78 is 33.0. The zero-order valence-corrected chi connectivity index (χ0v) is 14.3. The van der Waals surface area contributed by atoms with E-state index in [1.165, 1.54) is 6.92 Å². The molecule has 0 aliphatic heterocycles. The largest absolute Gasteiger partial charge is 0.461 e. The number of carbonyl (C=O) groups is 2. The number of rotatable bonds is 7. The van der Waals surface area contributed by atoms with Crippen molar-refractivity contribution in [2.75, 3.05) is 6.26 Å². The molecule has 1 rings (SSSR count). The molecule has 0 unspecified atom stereocenters. The third-order valence-electron chi connectivity index (χ3n) is 2.68. The summed E-state index contributed by atoms with van der Waals surface area (Å²) in [5, 5.41) is 2.54. The Morgan fingerprint density at radius 1 is 1.13 bits per heavy atom. The van der Waals surface area contributed by atoms with Gasteiger partial charge in [-0.1, -0.05) is 30.3 Å². The SMILES string of the molecule is CC(=O)N[C@@H](c1ccccc1)[C@@H](OS(C)(=O)=O)C(=O)OC(C)C. The summed E-state index contributed by atoms with van der Waals surface area (Å²) in [6, 6.07) is 7.48. The van der Waals surface area contributed by atoms with Gasteiger partial charge in [0.15, 0.2) is 6.10 Å². The van der Waals surface area contributed by atoms with Crippen LogP contribution < -0.4 is 5.32 Å². The highest BCUT2D eigenvalue weighted by molar-refractivity contribution is 7.86. The summed E-state index contributed by atoms with van der Waals surface area (Å²) in [6.07, 6.45) is -1.14. The molecule has 0 saturated carbocycles. The Labute approximate surface area is 136 Å². The van der Waals surface area contributed by atoms with Gasteiger partial charge in [0, 0.05) is 6.92 Å². The lowest BCUT2D eigenvalue weighted by Gasteiger charge is -2.26. The van der Waals surface area contributed by atoms with Crippen LogP contribution in [0.3, 0.4) is 0 Å². The molecule has 0 aromatic heterocycles. The molecular weight excluding hydrogens is 322 g/mol. The van der Waals surface area contributed by atoms with Crippen molar-refractivity contribution in [3.05, 3.63) is 35.9 Å². The number of esters is 1. The van der Waals surface area contributed by atoms with E-state index < -0.39 is 40.2 Å². The van der Waals surface area contributed by atoms with E-state index in [0.29, 0.717) is 5.56 Å². The molecule has 0 aliphatic rings. The minimum absolute atomic E-state index is 0.432. The highest BCUT2D eigenvalue weighted by atomic mass is 32.2. The summed E-state index contributed by atoms with van der Waals surface area (Å²) in [4.78, 5) is 23.7. The molecule has 1 aromatic carbocycles. The summed E-state index contributed by atoms with van der Waals surface area (Å²) in [7, 11) is -3.95. The van der Waals surface area contributed by atoms with Gasteiger partial charge in [0.2, 0.25) is 5.91 Å². The summed E-state index contributed by atoms with van der Waals surface area (Å²) in [6.45, 7) is 4.53. The third kappa shape index (κ3) is 6.79. The van der Waals surface area contributed by atoms with E-state index in [0.717, 1.165) is 6.26 Å². The molecule has 1 N–H and O–H groups in total. The topological polar surface area (TPSA) is 98.8 Å². The van der Waals surface area contributed by atoms with Gasteiger partial charge < -0.3 is 10.1 Å². The lowest BCUT2D eigenvalue weighted by Crippen LogP contribution is -2.43. The number of amides is 1. The van der Waals surface area contributed by atoms with Crippen LogP contribution in [0.1, 0.15) is 32.4 Å². The fraction of sp³-hybridized carbons (Fsp3) is 0.467. The highest BCUT2D eigenvalue weighted by Gasteiger charge is 2.36. The van der Waals surface area contributed by atoms with Crippen molar-refractivity contribution in [1.82, 2.24) is 5.32 Å². The average Bonchev–Trinajstić information content (AvgIpc) is 2.41. The third-order valence-corrected chi connectivity index (χ3v) is 3.24. The quantitative estimate of drug-likeness (QED) is 0.589. The molecule has 0 bridgehead atoms. The Bertz CT molecular complexity index is 641. The average molecular weight is 343 g/mol. The first-order valence-corrected chi connectivity index (χ1v) is 8.82. The van der Waals surface area contributed by atoms with Crippen molar-refractivity contribution < 1.29 is 26.9 Å². The van der Waals surface area contributed by atoms with Crippen molar-refractivity contribution in [1.29, 1.82) is 0 Å². The molecule has 128 valence electrons. The molecule has 23 heavy (non-hydrogen) atoms. The molecular formula is C15H21NO6S. The second-order valence-electron chi connectivity index (χ2n) is 5.30. The van der Waals surface area contributed by atoms with Crippen molar-refractivity contribution in [3.63, 3.8) is 0 Å². The molecule has 0 fully saturated rings. The van der Waals surface area contributed by atoms with E-state index in [-0.39, 0.29) is 0 Å². The van der Waals surface area contributed by atoms with Crippen LogP contribution in [0.4, 0.5) is 0 Å². The van der Waals surface area contributed by atoms with Gasteiger partial charge in [-0.15, -0.1) is 0 Å². The molecule has 0 heterocycles. The Kier molecular flexibility index (Phi) is 6.71. The molecule has 1 amide bonds. The van der Waals surface area contributed by atoms with Gasteiger partial charge in [-0.2, -0.15) is 8.42 Å². The van der Waals surface area contributed by atoms with E-state index >= 15 is 0 Å². The van der Waals surface area contributed by atoms with Gasteiger partial charge in [0.25, 0.3) is 10.1 Å². The molecule has 0 radical (unpaired) electrons. The van der Waals surface area contributed by atoms with Gasteiger partial charge in [-0.05, 0) is 19.4 Å². The number of hydrogen-bond acceptors (Lipinski definition) is 6. The Hall–Kier alpha value is -1.93. The van der Waals surface area contributed by atoms with Crippen molar-refractivity contribution in [2.24, 2.45) is 0 Å². The maximum absolute atomic E-state index is 12.3. The number of nitrogens with one attached hydrogen (secondary N) is 1. The van der Waals surface area contributed by atoms with Crippen LogP contribution in [0.2, 0.25) is 0 Å². The second kappa shape index (κ2) is 8.07. The summed E-state index contributed by atoms with van der Waals surface area (Å²) in [5.74, 6) is -1.30. The minimum atomic E-state index is -3.95. The van der Waals surface area contributed by atoms with Gasteiger partial charge in [0.1, 0.15) is 0 Å². The number of benzene rings is 1. The smallest absolute Gasteiger partial charge is 0.339 e. The van der Waals surface area contributed by atoms with Crippen molar-refractivity contribution in [3.8, 4) is 0 Å². The van der Waals surface area contributed by atoms with Crippen LogP contribution in [-0.2, 0) is 28.6 Å². The van der Waals surface area contributed by atoms with E-state index in [2.05, 4.69) is 5.32 Å². The first-order chi connectivity index (χ1) is 10.6. The van der Waals surface area contributed by atoms with Crippen LogP contribution in [-0.4, -0.2) is 38.8 Å². The maximum Gasteiger partial charge on any atom is 0.339 e. The van der Waals surface area contributed by atoms with Crippen LogP contribution in [0.15, 0.2) is 30.3 Å². The number of ether oxygens (including phenoxy) is 1. The fourth-order valence-corrected chi connectivity index (χ4v) is 2.50. The van der Waals surface area contributed by atoms with E-state index in [1.807, 2.05) is 0 Å². The predicted octanol–water partition coefficient (Wildman–Crippen LogP) is 1.16. The molecule has 7 nitrogen and oxygen atoms in total. The van der Waals surface area contributed by atoms with Gasteiger partial charge in [-0.25, -0.2) is 4.79 Å². The normalized spacial score (nSPS) is 14.1. The Morgan fingerprint density at radius 3 is 2.13 bits per heavy atom. The first-order valence-electron chi connectivity index (χ1n) is 7.01. The second-order valence-corrected chi connectivity index (χ2v) is 6.90. The van der Waals surface area contributed by atoms with E-state index in [4.69, 9.17) is 8.92 Å². The van der Waals surface area contributed by atoms with E-state index in [9.17, 15) is 18.0 Å². The predicted molar refractivity (Wildman–Crippen MR) is 83.9 cm³/mol. The van der Waals surface area contributed by atoms with E-state index in [1.54, 1.807) is 44.2 Å². The maximum atomic E-state index is 12.3. The van der Waals surface area contributed by atoms with Crippen LogP contribution in [0.25, 0.3) is 0 Å². The van der Waals surface area contributed by atoms with Gasteiger partial charge in [0.05, 0.1) is 18.4 Å². The lowest BCUT2D eigenvalue weighted by atomic mass is 10.0. The van der Waals surface area contributed by atoms with Crippen molar-refractivity contribution in [2.45, 2.75) is 39.0 Å². The Morgan fingerprint density at radius 2 is 1.70 bits per heavy atom. The highest BCUT2D eigenvalue weighted by Crippen LogP contribution is 2.22. The zero-order valence-electron chi connectivity index (χ0n) is 13.5.